The molecule has 216 valence electrons. The van der Waals surface area contributed by atoms with Gasteiger partial charge in [-0.15, -0.1) is 0 Å². The van der Waals surface area contributed by atoms with E-state index in [1.54, 1.807) is 0 Å². The van der Waals surface area contributed by atoms with E-state index in [9.17, 15) is 0 Å². The molecule has 0 aliphatic carbocycles. The number of hydrogen-bond acceptors (Lipinski definition) is 2. The van der Waals surface area contributed by atoms with Crippen LogP contribution in [-0.2, 0) is 0 Å². The summed E-state index contributed by atoms with van der Waals surface area (Å²) in [4.78, 5) is 9.76. The van der Waals surface area contributed by atoms with E-state index in [1.807, 2.05) is 30.5 Å². The Kier molecular flexibility index (Phi) is 6.10. The molecular formula is C42H28N4. The Morgan fingerprint density at radius 2 is 1.15 bits per heavy atom. The van der Waals surface area contributed by atoms with Crippen LogP contribution in [0, 0.1) is 0 Å². The van der Waals surface area contributed by atoms with Gasteiger partial charge in [0.2, 0.25) is 0 Å². The molecule has 0 saturated carbocycles. The molecular weight excluding hydrogens is 560 g/mol. The molecule has 0 fully saturated rings. The second-order valence-electron chi connectivity index (χ2n) is 11.6. The van der Waals surface area contributed by atoms with Gasteiger partial charge in [0.15, 0.2) is 0 Å². The van der Waals surface area contributed by atoms with Crippen molar-refractivity contribution in [1.82, 2.24) is 19.1 Å². The number of nitrogens with zero attached hydrogens (tertiary/aromatic N) is 4. The summed E-state index contributed by atoms with van der Waals surface area (Å²) in [7, 11) is 0. The van der Waals surface area contributed by atoms with Crippen molar-refractivity contribution >= 4 is 32.7 Å². The van der Waals surface area contributed by atoms with Crippen LogP contribution in [0.1, 0.15) is 0 Å². The van der Waals surface area contributed by atoms with Gasteiger partial charge in [0.25, 0.3) is 0 Å². The lowest BCUT2D eigenvalue weighted by atomic mass is 10.0. The first kappa shape index (κ1) is 26.2. The normalized spacial score (nSPS) is 11.5. The summed E-state index contributed by atoms with van der Waals surface area (Å²) in [5, 5.41) is 3.64. The van der Waals surface area contributed by atoms with E-state index in [2.05, 4.69) is 154 Å². The van der Waals surface area contributed by atoms with Crippen LogP contribution in [0.4, 0.5) is 0 Å². The standard InChI is InChI=1S/C42H28N4/c1-3-11-29(12-4-1)33-26-38(30-13-5-2-6-14-30)44-42(27-33)45-24-22-32-25-36-35-15-7-8-17-39(35)46(41(36)28-40(32)45)34-20-18-31(19-21-34)37-16-9-10-23-43-37/h1-28H. The summed E-state index contributed by atoms with van der Waals surface area (Å²) in [6, 6.07) is 55.5. The third kappa shape index (κ3) is 4.39. The topological polar surface area (TPSA) is 35.6 Å². The molecule has 0 aliphatic rings. The Morgan fingerprint density at radius 1 is 0.435 bits per heavy atom. The summed E-state index contributed by atoms with van der Waals surface area (Å²) < 4.78 is 4.59. The average molecular weight is 589 g/mol. The molecule has 0 amide bonds. The second-order valence-corrected chi connectivity index (χ2v) is 11.6. The average Bonchev–Trinajstić information content (AvgIpc) is 3.70. The highest BCUT2D eigenvalue weighted by Gasteiger charge is 2.16. The Morgan fingerprint density at radius 3 is 1.93 bits per heavy atom. The fraction of sp³-hybridized carbons (Fsp3) is 0. The summed E-state index contributed by atoms with van der Waals surface area (Å²) in [6.07, 6.45) is 3.98. The number of pyridine rings is 2. The minimum atomic E-state index is 0.886. The Balaban J connectivity index is 1.25. The van der Waals surface area contributed by atoms with Crippen molar-refractivity contribution < 1.29 is 0 Å². The molecule has 4 heteroatoms. The molecule has 0 aliphatic heterocycles. The number of aromatic nitrogens is 4. The minimum absolute atomic E-state index is 0.886. The van der Waals surface area contributed by atoms with Crippen LogP contribution >= 0.6 is 0 Å². The molecule has 0 spiro atoms. The van der Waals surface area contributed by atoms with Crippen molar-refractivity contribution in [3.05, 3.63) is 170 Å². The molecule has 0 radical (unpaired) electrons. The first-order valence-electron chi connectivity index (χ1n) is 15.5. The third-order valence-corrected chi connectivity index (χ3v) is 8.81. The lowest BCUT2D eigenvalue weighted by Gasteiger charge is -2.12. The number of rotatable bonds is 5. The van der Waals surface area contributed by atoms with E-state index in [-0.39, 0.29) is 0 Å². The van der Waals surface area contributed by atoms with E-state index >= 15 is 0 Å². The molecule has 5 aromatic carbocycles. The van der Waals surface area contributed by atoms with E-state index in [0.29, 0.717) is 0 Å². The van der Waals surface area contributed by atoms with Gasteiger partial charge in [0.05, 0.1) is 27.9 Å². The van der Waals surface area contributed by atoms with Gasteiger partial charge in [-0.05, 0) is 71.8 Å². The number of benzene rings is 5. The molecule has 46 heavy (non-hydrogen) atoms. The van der Waals surface area contributed by atoms with Gasteiger partial charge in [-0.1, -0.05) is 97.1 Å². The van der Waals surface area contributed by atoms with E-state index in [1.165, 1.54) is 21.7 Å². The fourth-order valence-electron chi connectivity index (χ4n) is 6.58. The van der Waals surface area contributed by atoms with Gasteiger partial charge >= 0.3 is 0 Å². The summed E-state index contributed by atoms with van der Waals surface area (Å²) >= 11 is 0. The van der Waals surface area contributed by atoms with Crippen molar-refractivity contribution in [2.75, 3.05) is 0 Å². The molecule has 0 atom stereocenters. The first-order chi connectivity index (χ1) is 22.8. The van der Waals surface area contributed by atoms with Crippen LogP contribution in [0.3, 0.4) is 0 Å². The van der Waals surface area contributed by atoms with Gasteiger partial charge in [0.1, 0.15) is 5.82 Å². The van der Waals surface area contributed by atoms with Crippen LogP contribution < -0.4 is 0 Å². The molecule has 9 aromatic rings. The molecule has 0 N–H and O–H groups in total. The molecule has 0 saturated heterocycles. The predicted octanol–water partition coefficient (Wildman–Crippen LogP) is 10.5. The Bertz CT molecular complexity index is 2430. The first-order valence-corrected chi connectivity index (χ1v) is 15.5. The van der Waals surface area contributed by atoms with Crippen LogP contribution in [-0.4, -0.2) is 19.1 Å². The van der Waals surface area contributed by atoms with Crippen molar-refractivity contribution in [3.63, 3.8) is 0 Å². The predicted molar refractivity (Wildman–Crippen MR) is 190 cm³/mol. The lowest BCUT2D eigenvalue weighted by molar-refractivity contribution is 1.05. The van der Waals surface area contributed by atoms with E-state index in [4.69, 9.17) is 4.98 Å². The van der Waals surface area contributed by atoms with Crippen LogP contribution in [0.2, 0.25) is 0 Å². The molecule has 0 bridgehead atoms. The highest BCUT2D eigenvalue weighted by molar-refractivity contribution is 6.13. The van der Waals surface area contributed by atoms with Crippen LogP contribution in [0.25, 0.3) is 77.9 Å². The fourth-order valence-corrected chi connectivity index (χ4v) is 6.58. The smallest absolute Gasteiger partial charge is 0.138 e. The Labute approximate surface area is 266 Å². The van der Waals surface area contributed by atoms with Gasteiger partial charge < -0.3 is 9.13 Å². The van der Waals surface area contributed by atoms with Crippen molar-refractivity contribution in [2.24, 2.45) is 0 Å². The second kappa shape index (κ2) is 10.7. The zero-order valence-corrected chi connectivity index (χ0v) is 25.0. The van der Waals surface area contributed by atoms with Crippen molar-refractivity contribution in [2.45, 2.75) is 0 Å². The highest BCUT2D eigenvalue weighted by atomic mass is 15.1. The molecule has 4 aromatic heterocycles. The third-order valence-electron chi connectivity index (χ3n) is 8.81. The van der Waals surface area contributed by atoms with E-state index in [0.717, 1.165) is 56.2 Å². The quantitative estimate of drug-likeness (QED) is 0.200. The molecule has 4 heterocycles. The van der Waals surface area contributed by atoms with Gasteiger partial charge in [-0.2, -0.15) is 0 Å². The molecule has 4 nitrogen and oxygen atoms in total. The molecule has 0 unspecified atom stereocenters. The molecule has 9 rings (SSSR count). The van der Waals surface area contributed by atoms with E-state index < -0.39 is 0 Å². The van der Waals surface area contributed by atoms with Gasteiger partial charge in [-0.25, -0.2) is 4.98 Å². The maximum atomic E-state index is 5.21. The van der Waals surface area contributed by atoms with Crippen molar-refractivity contribution in [1.29, 1.82) is 0 Å². The van der Waals surface area contributed by atoms with Crippen molar-refractivity contribution in [3.8, 4) is 45.1 Å². The zero-order valence-electron chi connectivity index (χ0n) is 25.0. The SMILES string of the molecule is c1ccc(-c2cc(-c3ccccc3)nc(-n3ccc4cc5c6ccccc6n(-c6ccc(-c7ccccn7)cc6)c5cc43)c2)cc1. The van der Waals surface area contributed by atoms with Crippen LogP contribution in [0.15, 0.2) is 170 Å². The largest absolute Gasteiger partial charge is 0.309 e. The monoisotopic (exact) mass is 588 g/mol. The van der Waals surface area contributed by atoms with Gasteiger partial charge in [-0.3, -0.25) is 4.98 Å². The zero-order chi connectivity index (χ0) is 30.5. The summed E-state index contributed by atoms with van der Waals surface area (Å²) in [5.74, 6) is 0.886. The summed E-state index contributed by atoms with van der Waals surface area (Å²) in [6.45, 7) is 0. The highest BCUT2D eigenvalue weighted by Crippen LogP contribution is 2.37. The number of para-hydroxylation sites is 1. The maximum Gasteiger partial charge on any atom is 0.138 e. The maximum absolute atomic E-state index is 5.21. The number of hydrogen-bond donors (Lipinski definition) is 0. The van der Waals surface area contributed by atoms with Gasteiger partial charge in [0, 0.05) is 45.4 Å². The lowest BCUT2D eigenvalue weighted by Crippen LogP contribution is -1.99. The number of fused-ring (bicyclic) bond motifs is 4. The minimum Gasteiger partial charge on any atom is -0.309 e. The van der Waals surface area contributed by atoms with Crippen LogP contribution in [0.5, 0.6) is 0 Å². The summed E-state index contributed by atoms with van der Waals surface area (Å²) in [5.41, 5.74) is 11.0. The Hall–Kier alpha value is -6.26.